The maximum absolute atomic E-state index is 12.2. The molecule has 0 aliphatic heterocycles. The third-order valence-electron chi connectivity index (χ3n) is 3.30. The Morgan fingerprint density at radius 1 is 1.50 bits per heavy atom. The predicted octanol–water partition coefficient (Wildman–Crippen LogP) is 1.41. The number of rotatable bonds is 5. The Hall–Kier alpha value is -1.23. The van der Waals surface area contributed by atoms with Crippen LogP contribution in [0.5, 0.6) is 0 Å². The molecule has 1 aliphatic rings. The molecular weight excluding hydrogens is 304 g/mol. The zero-order valence-corrected chi connectivity index (χ0v) is 12.5. The number of nitrogens with one attached hydrogen (secondary N) is 2. The molecule has 1 aromatic heterocycles. The zero-order valence-electron chi connectivity index (χ0n) is 10.8. The van der Waals surface area contributed by atoms with Gasteiger partial charge in [0, 0.05) is 12.1 Å². The largest absolute Gasteiger partial charge is 0.310 e. The Balaban J connectivity index is 2.23. The third kappa shape index (κ3) is 3.08. The number of nitrogen functional groups attached to an aromatic ring is 1. The first-order chi connectivity index (χ1) is 9.33. The van der Waals surface area contributed by atoms with Gasteiger partial charge < -0.3 is 5.43 Å². The Labute approximate surface area is 120 Å². The second-order valence-electron chi connectivity index (χ2n) is 4.92. The van der Waals surface area contributed by atoms with Gasteiger partial charge in [0.1, 0.15) is 4.21 Å². The summed E-state index contributed by atoms with van der Waals surface area (Å²) in [4.78, 5) is 10.1. The summed E-state index contributed by atoms with van der Waals surface area (Å²) in [5.74, 6) is 5.66. The first kappa shape index (κ1) is 15.2. The van der Waals surface area contributed by atoms with Gasteiger partial charge in [-0.2, -0.15) is 0 Å². The van der Waals surface area contributed by atoms with Gasteiger partial charge >= 0.3 is 5.69 Å². The van der Waals surface area contributed by atoms with Gasteiger partial charge in [-0.15, -0.1) is 0 Å². The van der Waals surface area contributed by atoms with Crippen LogP contribution in [-0.2, 0) is 10.0 Å². The maximum Gasteiger partial charge on any atom is 0.306 e. The zero-order chi connectivity index (χ0) is 14.9. The molecule has 112 valence electrons. The lowest BCUT2D eigenvalue weighted by Gasteiger charge is -2.11. The Kier molecular flexibility index (Phi) is 4.28. The lowest BCUT2D eigenvalue weighted by atomic mass is 10.1. The molecule has 2 rings (SSSR count). The van der Waals surface area contributed by atoms with Gasteiger partial charge in [-0.05, 0) is 25.2 Å². The van der Waals surface area contributed by atoms with Crippen molar-refractivity contribution in [3.8, 4) is 0 Å². The van der Waals surface area contributed by atoms with Crippen LogP contribution >= 0.6 is 11.3 Å². The van der Waals surface area contributed by atoms with E-state index in [9.17, 15) is 18.5 Å². The second kappa shape index (κ2) is 5.64. The van der Waals surface area contributed by atoms with E-state index in [2.05, 4.69) is 17.1 Å². The van der Waals surface area contributed by atoms with E-state index in [0.29, 0.717) is 5.92 Å². The smallest absolute Gasteiger partial charge is 0.306 e. The highest BCUT2D eigenvalue weighted by Gasteiger charge is 2.30. The van der Waals surface area contributed by atoms with Crippen LogP contribution in [-0.4, -0.2) is 19.4 Å². The Bertz CT molecular complexity index is 613. The Morgan fingerprint density at radius 2 is 2.20 bits per heavy atom. The van der Waals surface area contributed by atoms with Crippen LogP contribution in [0.25, 0.3) is 0 Å². The summed E-state index contributed by atoms with van der Waals surface area (Å²) < 4.78 is 26.9. The Morgan fingerprint density at radius 3 is 2.65 bits per heavy atom. The normalized spacial score (nSPS) is 22.9. The van der Waals surface area contributed by atoms with Gasteiger partial charge in [0.25, 0.3) is 10.0 Å². The van der Waals surface area contributed by atoms with E-state index in [1.165, 1.54) is 0 Å². The summed E-state index contributed by atoms with van der Waals surface area (Å²) in [6, 6.07) is 0.922. The van der Waals surface area contributed by atoms with Gasteiger partial charge in [-0.1, -0.05) is 18.3 Å². The van der Waals surface area contributed by atoms with Crippen molar-refractivity contribution in [3.05, 3.63) is 16.2 Å². The minimum absolute atomic E-state index is 0.0233. The molecule has 2 unspecified atom stereocenters. The first-order valence-electron chi connectivity index (χ1n) is 6.10. The molecule has 8 nitrogen and oxygen atoms in total. The van der Waals surface area contributed by atoms with Crippen molar-refractivity contribution in [2.45, 2.75) is 36.4 Å². The van der Waals surface area contributed by atoms with Crippen LogP contribution in [0, 0.1) is 16.0 Å². The number of hydrogen-bond acceptors (Lipinski definition) is 7. The number of nitro groups is 1. The topological polar surface area (TPSA) is 127 Å². The van der Waals surface area contributed by atoms with Crippen LogP contribution in [0.15, 0.2) is 10.3 Å². The van der Waals surface area contributed by atoms with Crippen molar-refractivity contribution < 1.29 is 13.3 Å². The molecule has 1 fully saturated rings. The molecule has 2 atom stereocenters. The van der Waals surface area contributed by atoms with E-state index >= 15 is 0 Å². The van der Waals surface area contributed by atoms with Crippen molar-refractivity contribution in [2.24, 2.45) is 11.8 Å². The molecule has 1 aliphatic carbocycles. The molecule has 1 aromatic rings. The predicted molar refractivity (Wildman–Crippen MR) is 75.9 cm³/mol. The molecule has 0 bridgehead atoms. The molecule has 0 amide bonds. The van der Waals surface area contributed by atoms with Crippen molar-refractivity contribution in [1.82, 2.24) is 4.72 Å². The van der Waals surface area contributed by atoms with Crippen molar-refractivity contribution in [1.29, 1.82) is 0 Å². The average Bonchev–Trinajstić information content (AvgIpc) is 2.95. The fraction of sp³-hybridized carbons (Fsp3) is 0.600. The van der Waals surface area contributed by atoms with E-state index in [1.54, 1.807) is 0 Å². The number of sulfonamides is 1. The maximum atomic E-state index is 12.2. The second-order valence-corrected chi connectivity index (χ2v) is 7.91. The molecule has 1 heterocycles. The van der Waals surface area contributed by atoms with E-state index in [4.69, 9.17) is 5.84 Å². The molecule has 20 heavy (non-hydrogen) atoms. The summed E-state index contributed by atoms with van der Waals surface area (Å²) in [5, 5.41) is 10.8. The van der Waals surface area contributed by atoms with Crippen molar-refractivity contribution in [2.75, 3.05) is 5.43 Å². The highest BCUT2D eigenvalue weighted by atomic mass is 32.2. The van der Waals surface area contributed by atoms with Crippen molar-refractivity contribution >= 4 is 32.0 Å². The first-order valence-corrected chi connectivity index (χ1v) is 8.40. The molecule has 1 saturated carbocycles. The van der Waals surface area contributed by atoms with E-state index < -0.39 is 14.9 Å². The summed E-state index contributed by atoms with van der Waals surface area (Å²) in [5.41, 5.74) is 1.82. The molecular formula is C10H16N4O4S2. The highest BCUT2D eigenvalue weighted by molar-refractivity contribution is 7.91. The fourth-order valence-corrected chi connectivity index (χ4v) is 4.86. The molecule has 4 N–H and O–H groups in total. The highest BCUT2D eigenvalue weighted by Crippen LogP contribution is 2.36. The van der Waals surface area contributed by atoms with E-state index in [1.807, 2.05) is 0 Å². The van der Waals surface area contributed by atoms with Crippen LogP contribution in [0.3, 0.4) is 0 Å². The number of hydrazine groups is 1. The molecule has 0 spiro atoms. The number of nitrogens with zero attached hydrogens (tertiary/aromatic N) is 1. The monoisotopic (exact) mass is 320 g/mol. The summed E-state index contributed by atoms with van der Waals surface area (Å²) in [6.07, 6.45) is 2.55. The summed E-state index contributed by atoms with van der Waals surface area (Å²) in [6.45, 7) is 2.07. The number of nitrogens with two attached hydrogens (primary N) is 1. The van der Waals surface area contributed by atoms with Crippen LogP contribution in [0.1, 0.15) is 26.2 Å². The van der Waals surface area contributed by atoms with E-state index in [0.717, 1.165) is 36.7 Å². The fourth-order valence-electron chi connectivity index (χ4n) is 2.32. The standard InChI is InChI=1S/C10H16N4O4S2/c1-6-2-3-7(4-6)13-20(17,18)9-5-8(14(15)16)10(12-11)19-9/h5-7,12-13H,2-4,11H2,1H3. The third-order valence-corrected chi connectivity index (χ3v) is 6.35. The van der Waals surface area contributed by atoms with Crippen LogP contribution < -0.4 is 16.0 Å². The minimum Gasteiger partial charge on any atom is -0.310 e. The van der Waals surface area contributed by atoms with Gasteiger partial charge in [0.05, 0.1) is 4.92 Å². The lowest BCUT2D eigenvalue weighted by molar-refractivity contribution is -0.383. The molecule has 0 aromatic carbocycles. The number of thiophene rings is 1. The minimum atomic E-state index is -3.74. The van der Waals surface area contributed by atoms with Gasteiger partial charge in [0.15, 0.2) is 5.00 Å². The van der Waals surface area contributed by atoms with Gasteiger partial charge in [0.2, 0.25) is 0 Å². The quantitative estimate of drug-likeness (QED) is 0.427. The van der Waals surface area contributed by atoms with Crippen LogP contribution in [0.4, 0.5) is 10.7 Å². The van der Waals surface area contributed by atoms with E-state index in [-0.39, 0.29) is 20.9 Å². The van der Waals surface area contributed by atoms with Crippen LogP contribution in [0.2, 0.25) is 0 Å². The lowest BCUT2D eigenvalue weighted by Crippen LogP contribution is -2.32. The molecule has 0 radical (unpaired) electrons. The van der Waals surface area contributed by atoms with Crippen molar-refractivity contribution in [3.63, 3.8) is 0 Å². The van der Waals surface area contributed by atoms with Gasteiger partial charge in [-0.3, -0.25) is 10.1 Å². The van der Waals surface area contributed by atoms with Gasteiger partial charge in [-0.25, -0.2) is 19.0 Å². The summed E-state index contributed by atoms with van der Waals surface area (Å²) in [7, 11) is -3.74. The SMILES string of the molecule is CC1CCC(NS(=O)(=O)c2cc([N+](=O)[O-])c(NN)s2)C1. The number of hydrogen-bond donors (Lipinski definition) is 3. The average molecular weight is 320 g/mol. The number of anilines is 1. The molecule has 10 heteroatoms. The summed E-state index contributed by atoms with van der Waals surface area (Å²) >= 11 is 0.751. The molecule has 0 saturated heterocycles.